The van der Waals surface area contributed by atoms with E-state index < -0.39 is 9.84 Å². The van der Waals surface area contributed by atoms with Crippen LogP contribution < -0.4 is 14.8 Å². The SMILES string of the molecule is Cc1ccc(S(=O)(=O)c2nc(-c3ccccc3Cl)oc2NCc2ccc3c(c2)OCO3)cc1. The number of aryl methyl sites for hydroxylation is 1. The molecule has 1 aliphatic rings. The second-order valence-corrected chi connectivity index (χ2v) is 9.76. The molecule has 9 heteroatoms. The van der Waals surface area contributed by atoms with Crippen molar-refractivity contribution >= 4 is 27.3 Å². The average Bonchev–Trinajstić information content (AvgIpc) is 3.45. The molecule has 168 valence electrons. The summed E-state index contributed by atoms with van der Waals surface area (Å²) in [6.45, 7) is 2.35. The van der Waals surface area contributed by atoms with Gasteiger partial charge in [-0.3, -0.25) is 0 Å². The smallest absolute Gasteiger partial charge is 0.234 e. The molecule has 4 aromatic rings. The molecule has 33 heavy (non-hydrogen) atoms. The van der Waals surface area contributed by atoms with E-state index >= 15 is 0 Å². The third kappa shape index (κ3) is 4.15. The van der Waals surface area contributed by atoms with Crippen molar-refractivity contribution < 1.29 is 22.3 Å². The van der Waals surface area contributed by atoms with E-state index in [1.165, 1.54) is 0 Å². The van der Waals surface area contributed by atoms with Gasteiger partial charge in [0.15, 0.2) is 11.5 Å². The number of halogens is 1. The van der Waals surface area contributed by atoms with E-state index in [1.54, 1.807) is 54.6 Å². The van der Waals surface area contributed by atoms with E-state index in [2.05, 4.69) is 10.3 Å². The number of sulfone groups is 1. The zero-order valence-corrected chi connectivity index (χ0v) is 19.1. The number of benzene rings is 3. The van der Waals surface area contributed by atoms with Crippen LogP contribution in [0.15, 0.2) is 81.1 Å². The lowest BCUT2D eigenvalue weighted by molar-refractivity contribution is 0.174. The van der Waals surface area contributed by atoms with E-state index in [0.29, 0.717) is 22.1 Å². The standard InChI is InChI=1S/C24H19ClN2O5S/c1-15-6-9-17(10-7-15)33(28,29)24-23(32-22(27-24)18-4-2-3-5-19(18)25)26-13-16-8-11-20-21(12-16)31-14-30-20/h2-12,26H,13-14H2,1H3. The van der Waals surface area contributed by atoms with Crippen LogP contribution in [0.3, 0.4) is 0 Å². The van der Waals surface area contributed by atoms with Gasteiger partial charge in [0.1, 0.15) is 0 Å². The maximum absolute atomic E-state index is 13.4. The van der Waals surface area contributed by atoms with Gasteiger partial charge in [-0.1, -0.05) is 47.5 Å². The Kier molecular flexibility index (Phi) is 5.47. The second kappa shape index (κ2) is 8.46. The highest BCUT2D eigenvalue weighted by atomic mass is 35.5. The molecule has 0 saturated carbocycles. The molecule has 2 heterocycles. The van der Waals surface area contributed by atoms with Crippen molar-refractivity contribution in [2.75, 3.05) is 12.1 Å². The molecule has 0 bridgehead atoms. The summed E-state index contributed by atoms with van der Waals surface area (Å²) in [5.74, 6) is 1.45. The molecule has 3 aromatic carbocycles. The Morgan fingerprint density at radius 2 is 1.76 bits per heavy atom. The fraction of sp³-hybridized carbons (Fsp3) is 0.125. The first kappa shape index (κ1) is 21.4. The number of ether oxygens (including phenoxy) is 2. The van der Waals surface area contributed by atoms with Crippen LogP contribution in [0, 0.1) is 6.92 Å². The fourth-order valence-electron chi connectivity index (χ4n) is 3.41. The largest absolute Gasteiger partial charge is 0.454 e. The van der Waals surface area contributed by atoms with Gasteiger partial charge in [-0.05, 0) is 48.9 Å². The molecule has 1 N–H and O–H groups in total. The summed E-state index contributed by atoms with van der Waals surface area (Å²) >= 11 is 6.30. The van der Waals surface area contributed by atoms with Gasteiger partial charge in [0.25, 0.3) is 0 Å². The summed E-state index contributed by atoms with van der Waals surface area (Å²) in [5, 5.41) is 3.27. The summed E-state index contributed by atoms with van der Waals surface area (Å²) in [4.78, 5) is 4.46. The summed E-state index contributed by atoms with van der Waals surface area (Å²) in [7, 11) is -3.96. The molecule has 5 rings (SSSR count). The first-order chi connectivity index (χ1) is 15.9. The van der Waals surface area contributed by atoms with Gasteiger partial charge in [-0.2, -0.15) is 4.98 Å². The molecule has 1 aliphatic heterocycles. The minimum atomic E-state index is -3.96. The van der Waals surface area contributed by atoms with Gasteiger partial charge in [-0.25, -0.2) is 8.42 Å². The Morgan fingerprint density at radius 3 is 2.55 bits per heavy atom. The normalized spacial score (nSPS) is 12.7. The lowest BCUT2D eigenvalue weighted by atomic mass is 10.2. The number of fused-ring (bicyclic) bond motifs is 1. The first-order valence-corrected chi connectivity index (χ1v) is 12.0. The molecular weight excluding hydrogens is 464 g/mol. The van der Waals surface area contributed by atoms with Crippen molar-refractivity contribution in [3.8, 4) is 23.0 Å². The van der Waals surface area contributed by atoms with Gasteiger partial charge in [0.2, 0.25) is 33.4 Å². The highest BCUT2D eigenvalue weighted by Crippen LogP contribution is 2.36. The fourth-order valence-corrected chi connectivity index (χ4v) is 4.91. The van der Waals surface area contributed by atoms with Crippen molar-refractivity contribution in [1.29, 1.82) is 0 Å². The summed E-state index contributed by atoms with van der Waals surface area (Å²) < 4.78 is 43.5. The maximum atomic E-state index is 13.4. The lowest BCUT2D eigenvalue weighted by Crippen LogP contribution is -2.07. The van der Waals surface area contributed by atoms with Crippen LogP contribution in [0.5, 0.6) is 11.5 Å². The molecule has 0 radical (unpaired) electrons. The quantitative estimate of drug-likeness (QED) is 0.389. The van der Waals surface area contributed by atoms with E-state index in [9.17, 15) is 8.42 Å². The van der Waals surface area contributed by atoms with Gasteiger partial charge < -0.3 is 19.2 Å². The molecule has 1 aromatic heterocycles. The molecule has 0 atom stereocenters. The van der Waals surface area contributed by atoms with Gasteiger partial charge >= 0.3 is 0 Å². The third-order valence-electron chi connectivity index (χ3n) is 5.18. The number of nitrogens with one attached hydrogen (secondary N) is 1. The van der Waals surface area contributed by atoms with Crippen molar-refractivity contribution in [2.24, 2.45) is 0 Å². The molecule has 0 spiro atoms. The van der Waals surface area contributed by atoms with Crippen LogP contribution in [0.2, 0.25) is 5.02 Å². The minimum absolute atomic E-state index is 0.0307. The van der Waals surface area contributed by atoms with Crippen LogP contribution in [0.25, 0.3) is 11.5 Å². The molecule has 0 amide bonds. The van der Waals surface area contributed by atoms with Crippen molar-refractivity contribution in [3.05, 3.63) is 82.9 Å². The molecule has 7 nitrogen and oxygen atoms in total. The maximum Gasteiger partial charge on any atom is 0.234 e. The lowest BCUT2D eigenvalue weighted by Gasteiger charge is -2.07. The van der Waals surface area contributed by atoms with E-state index in [1.807, 2.05) is 19.1 Å². The molecule has 0 aliphatic carbocycles. The minimum Gasteiger partial charge on any atom is -0.454 e. The van der Waals surface area contributed by atoms with Crippen LogP contribution in [0.1, 0.15) is 11.1 Å². The van der Waals surface area contributed by atoms with Crippen LogP contribution in [0.4, 0.5) is 5.88 Å². The number of aromatic nitrogens is 1. The van der Waals surface area contributed by atoms with Crippen molar-refractivity contribution in [2.45, 2.75) is 23.4 Å². The number of hydrogen-bond donors (Lipinski definition) is 1. The number of nitrogens with zero attached hydrogens (tertiary/aromatic N) is 1. The average molecular weight is 483 g/mol. The van der Waals surface area contributed by atoms with Crippen LogP contribution in [-0.2, 0) is 16.4 Å². The zero-order valence-electron chi connectivity index (χ0n) is 17.5. The summed E-state index contributed by atoms with van der Waals surface area (Å²) in [6, 6.07) is 19.0. The molecular formula is C24H19ClN2O5S. The van der Waals surface area contributed by atoms with Crippen LogP contribution in [-0.4, -0.2) is 20.2 Å². The molecule has 0 saturated heterocycles. The highest BCUT2D eigenvalue weighted by molar-refractivity contribution is 7.91. The van der Waals surface area contributed by atoms with Gasteiger partial charge in [0.05, 0.1) is 15.5 Å². The van der Waals surface area contributed by atoms with Gasteiger partial charge in [0, 0.05) is 6.54 Å². The summed E-state index contributed by atoms with van der Waals surface area (Å²) in [5.41, 5.74) is 2.30. The Hall–Kier alpha value is -3.49. The van der Waals surface area contributed by atoms with E-state index in [-0.39, 0.29) is 35.0 Å². The van der Waals surface area contributed by atoms with Crippen molar-refractivity contribution in [3.63, 3.8) is 0 Å². The monoisotopic (exact) mass is 482 g/mol. The van der Waals surface area contributed by atoms with E-state index in [0.717, 1.165) is 11.1 Å². The zero-order chi connectivity index (χ0) is 23.0. The number of anilines is 1. The van der Waals surface area contributed by atoms with E-state index in [4.69, 9.17) is 25.5 Å². The summed E-state index contributed by atoms with van der Waals surface area (Å²) in [6.07, 6.45) is 0. The Balaban J connectivity index is 1.54. The van der Waals surface area contributed by atoms with Crippen molar-refractivity contribution in [1.82, 2.24) is 4.98 Å². The number of oxazole rings is 1. The predicted molar refractivity (Wildman–Crippen MR) is 123 cm³/mol. The molecule has 0 unspecified atom stereocenters. The first-order valence-electron chi connectivity index (χ1n) is 10.1. The Morgan fingerprint density at radius 1 is 1.00 bits per heavy atom. The third-order valence-corrected chi connectivity index (χ3v) is 7.18. The van der Waals surface area contributed by atoms with Gasteiger partial charge in [-0.15, -0.1) is 0 Å². The Labute approximate surface area is 195 Å². The van der Waals surface area contributed by atoms with Crippen LogP contribution >= 0.6 is 11.6 Å². The number of rotatable bonds is 6. The predicted octanol–water partition coefficient (Wildman–Crippen LogP) is 5.48. The topological polar surface area (TPSA) is 90.7 Å². The highest BCUT2D eigenvalue weighted by Gasteiger charge is 2.29. The number of hydrogen-bond acceptors (Lipinski definition) is 7. The second-order valence-electron chi connectivity index (χ2n) is 7.49. The Bertz CT molecular complexity index is 1430. The molecule has 0 fully saturated rings.